The Kier molecular flexibility index (Phi) is 6.27. The number of nitrogens with one attached hydrogen (secondary N) is 1. The van der Waals surface area contributed by atoms with Crippen LogP contribution in [0, 0.1) is 25.5 Å². The molecule has 1 heterocycles. The number of aryl methyl sites for hydroxylation is 2. The van der Waals surface area contributed by atoms with Gasteiger partial charge in [0.05, 0.1) is 17.9 Å². The summed E-state index contributed by atoms with van der Waals surface area (Å²) in [5.74, 6) is -1.13. The molecule has 8 heteroatoms. The Bertz CT molecular complexity index is 697. The van der Waals surface area contributed by atoms with E-state index in [0.717, 1.165) is 35.2 Å². The maximum absolute atomic E-state index is 13.5. The number of halogens is 3. The number of nitrogens with zero attached hydrogens (tertiary/aromatic N) is 3. The molecule has 1 aromatic carbocycles. The number of hydrogen-bond donors (Lipinski definition) is 2. The van der Waals surface area contributed by atoms with Crippen molar-refractivity contribution in [2.75, 3.05) is 5.32 Å². The fraction of sp³-hybridized carbons (Fsp3) is 0.286. The van der Waals surface area contributed by atoms with Crippen molar-refractivity contribution in [3.63, 3.8) is 0 Å². The Labute approximate surface area is 144 Å². The third-order valence-corrected chi connectivity index (χ3v) is 3.26. The summed E-state index contributed by atoms with van der Waals surface area (Å²) in [4.78, 5) is 4.14. The molecule has 120 valence electrons. The van der Waals surface area contributed by atoms with Crippen LogP contribution in [0.3, 0.4) is 0 Å². The van der Waals surface area contributed by atoms with Crippen LogP contribution in [-0.4, -0.2) is 15.7 Å². The van der Waals surface area contributed by atoms with Crippen molar-refractivity contribution in [3.8, 4) is 0 Å². The van der Waals surface area contributed by atoms with Gasteiger partial charge in [-0.2, -0.15) is 5.10 Å². The van der Waals surface area contributed by atoms with E-state index in [1.807, 2.05) is 20.9 Å². The number of nitrogens with two attached hydrogens (primary N) is 1. The Hall–Kier alpha value is -1.71. The number of benzene rings is 1. The van der Waals surface area contributed by atoms with E-state index in [9.17, 15) is 8.78 Å². The van der Waals surface area contributed by atoms with Crippen molar-refractivity contribution in [3.05, 3.63) is 46.8 Å². The molecule has 0 amide bonds. The van der Waals surface area contributed by atoms with E-state index in [4.69, 9.17) is 5.73 Å². The second kappa shape index (κ2) is 7.52. The van der Waals surface area contributed by atoms with Crippen LogP contribution in [0.4, 0.5) is 14.5 Å². The highest BCUT2D eigenvalue weighted by Crippen LogP contribution is 2.16. The Morgan fingerprint density at radius 2 is 2.05 bits per heavy atom. The third-order valence-electron chi connectivity index (χ3n) is 3.26. The molecule has 1 aromatic heterocycles. The summed E-state index contributed by atoms with van der Waals surface area (Å²) in [6.07, 6.45) is 0. The molecule has 0 radical (unpaired) electrons. The second-order valence-electron chi connectivity index (χ2n) is 4.72. The van der Waals surface area contributed by atoms with Gasteiger partial charge in [-0.25, -0.2) is 13.8 Å². The maximum Gasteiger partial charge on any atom is 0.193 e. The van der Waals surface area contributed by atoms with Crippen LogP contribution in [0.1, 0.15) is 17.0 Å². The Morgan fingerprint density at radius 1 is 1.36 bits per heavy atom. The number of aliphatic imine (C=N–C) groups is 1. The van der Waals surface area contributed by atoms with E-state index in [2.05, 4.69) is 15.4 Å². The zero-order valence-corrected chi connectivity index (χ0v) is 14.9. The number of rotatable bonds is 3. The molecule has 2 rings (SSSR count). The molecule has 3 N–H and O–H groups in total. The first-order chi connectivity index (χ1) is 9.88. The summed E-state index contributed by atoms with van der Waals surface area (Å²) < 4.78 is 28.3. The van der Waals surface area contributed by atoms with E-state index in [-0.39, 0.29) is 35.6 Å². The Balaban J connectivity index is 0.00000242. The van der Waals surface area contributed by atoms with Gasteiger partial charge >= 0.3 is 0 Å². The molecule has 5 nitrogen and oxygen atoms in total. The van der Waals surface area contributed by atoms with Gasteiger partial charge in [-0.05, 0) is 26.0 Å². The fourth-order valence-corrected chi connectivity index (χ4v) is 1.98. The van der Waals surface area contributed by atoms with Crippen LogP contribution in [0.15, 0.2) is 23.2 Å². The van der Waals surface area contributed by atoms with Gasteiger partial charge in [0.1, 0.15) is 11.6 Å². The largest absolute Gasteiger partial charge is 0.370 e. The lowest BCUT2D eigenvalue weighted by molar-refractivity contribution is 0.604. The fourth-order valence-electron chi connectivity index (χ4n) is 1.98. The average molecular weight is 421 g/mol. The van der Waals surface area contributed by atoms with Crippen molar-refractivity contribution in [1.82, 2.24) is 9.78 Å². The molecule has 0 bridgehead atoms. The molecule has 0 fully saturated rings. The molecular weight excluding hydrogens is 403 g/mol. The lowest BCUT2D eigenvalue weighted by atomic mass is 10.2. The van der Waals surface area contributed by atoms with Gasteiger partial charge in [-0.3, -0.25) is 4.68 Å². The van der Waals surface area contributed by atoms with Crippen LogP contribution in [0.5, 0.6) is 0 Å². The molecule has 0 saturated heterocycles. The van der Waals surface area contributed by atoms with Crippen LogP contribution < -0.4 is 11.1 Å². The van der Waals surface area contributed by atoms with Gasteiger partial charge in [0, 0.05) is 24.4 Å². The van der Waals surface area contributed by atoms with E-state index in [1.165, 1.54) is 0 Å². The van der Waals surface area contributed by atoms with Gasteiger partial charge in [-0.1, -0.05) is 0 Å². The number of aromatic nitrogens is 2. The summed E-state index contributed by atoms with van der Waals surface area (Å²) in [7, 11) is 1.85. The Morgan fingerprint density at radius 3 is 2.64 bits per heavy atom. The molecule has 0 aliphatic heterocycles. The number of guanidine groups is 1. The minimum atomic E-state index is -0.594. The maximum atomic E-state index is 13.5. The minimum absolute atomic E-state index is 0. The molecule has 0 aliphatic rings. The predicted octanol–water partition coefficient (Wildman–Crippen LogP) is 2.86. The third kappa shape index (κ3) is 4.15. The van der Waals surface area contributed by atoms with Crippen LogP contribution in [0.25, 0.3) is 0 Å². The zero-order valence-electron chi connectivity index (χ0n) is 12.5. The molecule has 0 saturated carbocycles. The smallest absolute Gasteiger partial charge is 0.193 e. The van der Waals surface area contributed by atoms with E-state index < -0.39 is 11.6 Å². The van der Waals surface area contributed by atoms with Crippen LogP contribution >= 0.6 is 24.0 Å². The van der Waals surface area contributed by atoms with Crippen molar-refractivity contribution >= 4 is 35.6 Å². The van der Waals surface area contributed by atoms with Gasteiger partial charge in [0.15, 0.2) is 5.96 Å². The van der Waals surface area contributed by atoms with Crippen LogP contribution in [0.2, 0.25) is 0 Å². The standard InChI is InChI=1S/C14H17F2N5.HI/c1-8-11(9(2)21(3)20-8)7-18-14(17)19-13-6-10(15)4-5-12(13)16;/h4-6H,7H2,1-3H3,(H3,17,18,19);1H. The number of anilines is 1. The first-order valence-electron chi connectivity index (χ1n) is 6.39. The molecule has 0 atom stereocenters. The average Bonchev–Trinajstić information content (AvgIpc) is 2.66. The molecule has 0 unspecified atom stereocenters. The lowest BCUT2D eigenvalue weighted by Gasteiger charge is -2.07. The number of hydrogen-bond acceptors (Lipinski definition) is 2. The van der Waals surface area contributed by atoms with Crippen molar-refractivity contribution in [1.29, 1.82) is 0 Å². The lowest BCUT2D eigenvalue weighted by Crippen LogP contribution is -2.23. The highest BCUT2D eigenvalue weighted by atomic mass is 127. The normalized spacial score (nSPS) is 11.2. The summed E-state index contributed by atoms with van der Waals surface area (Å²) in [6.45, 7) is 4.13. The summed E-state index contributed by atoms with van der Waals surface area (Å²) >= 11 is 0. The van der Waals surface area contributed by atoms with Gasteiger partial charge in [0.25, 0.3) is 0 Å². The predicted molar refractivity (Wildman–Crippen MR) is 93.4 cm³/mol. The molecule has 0 spiro atoms. The first kappa shape index (κ1) is 18.3. The second-order valence-corrected chi connectivity index (χ2v) is 4.72. The van der Waals surface area contributed by atoms with E-state index in [1.54, 1.807) is 4.68 Å². The van der Waals surface area contributed by atoms with Crippen molar-refractivity contribution < 1.29 is 8.78 Å². The van der Waals surface area contributed by atoms with Crippen LogP contribution in [-0.2, 0) is 13.6 Å². The topological polar surface area (TPSA) is 68.2 Å². The summed E-state index contributed by atoms with van der Waals surface area (Å²) in [5.41, 5.74) is 8.47. The monoisotopic (exact) mass is 421 g/mol. The van der Waals surface area contributed by atoms with Gasteiger partial charge in [0.2, 0.25) is 0 Å². The van der Waals surface area contributed by atoms with Crippen molar-refractivity contribution in [2.45, 2.75) is 20.4 Å². The SMILES string of the molecule is Cc1nn(C)c(C)c1CN=C(N)Nc1cc(F)ccc1F.I. The van der Waals surface area contributed by atoms with Gasteiger partial charge in [-0.15, -0.1) is 24.0 Å². The molecular formula is C14H18F2IN5. The highest BCUT2D eigenvalue weighted by Gasteiger charge is 2.09. The summed E-state index contributed by atoms with van der Waals surface area (Å²) in [6, 6.07) is 3.09. The zero-order chi connectivity index (χ0) is 15.6. The molecule has 22 heavy (non-hydrogen) atoms. The first-order valence-corrected chi connectivity index (χ1v) is 6.39. The minimum Gasteiger partial charge on any atom is -0.370 e. The summed E-state index contributed by atoms with van der Waals surface area (Å²) in [5, 5.41) is 6.83. The van der Waals surface area contributed by atoms with E-state index >= 15 is 0 Å². The van der Waals surface area contributed by atoms with E-state index in [0.29, 0.717) is 6.54 Å². The molecule has 2 aromatic rings. The molecule has 0 aliphatic carbocycles. The van der Waals surface area contributed by atoms with Crippen molar-refractivity contribution in [2.24, 2.45) is 17.8 Å². The highest BCUT2D eigenvalue weighted by molar-refractivity contribution is 14.0. The van der Waals surface area contributed by atoms with Gasteiger partial charge < -0.3 is 11.1 Å². The quantitative estimate of drug-likeness (QED) is 0.455.